The van der Waals surface area contributed by atoms with Gasteiger partial charge in [0.05, 0.1) is 16.6 Å². The number of hydrogen-bond donors (Lipinski definition) is 0. The number of nitriles is 1. The number of fused-ring (bicyclic) bond motifs is 3. The van der Waals surface area contributed by atoms with Gasteiger partial charge in [-0.25, -0.2) is 4.98 Å². The molecular weight excluding hydrogens is 518 g/mol. The van der Waals surface area contributed by atoms with Gasteiger partial charge in [-0.3, -0.25) is 9.30 Å². The predicted molar refractivity (Wildman–Crippen MR) is 162 cm³/mol. The number of aromatic nitrogens is 2. The molecule has 0 saturated carbocycles. The predicted octanol–water partition coefficient (Wildman–Crippen LogP) is 6.42. The van der Waals surface area contributed by atoms with Crippen LogP contribution >= 0.6 is 11.6 Å². The summed E-state index contributed by atoms with van der Waals surface area (Å²) in [5.74, 6) is 1.99. The van der Waals surface area contributed by atoms with Crippen molar-refractivity contribution < 1.29 is 4.74 Å². The summed E-state index contributed by atoms with van der Waals surface area (Å²) < 4.78 is 8.17. The molecule has 40 heavy (non-hydrogen) atoms. The molecule has 0 atom stereocenters. The molecule has 1 saturated heterocycles. The molecule has 0 unspecified atom stereocenters. The lowest BCUT2D eigenvalue weighted by atomic mass is 9.96. The molecule has 1 aliphatic heterocycles. The molecule has 202 valence electrons. The zero-order chi connectivity index (χ0) is 27.6. The van der Waals surface area contributed by atoms with Gasteiger partial charge in [0.15, 0.2) is 5.65 Å². The Labute approximate surface area is 240 Å². The van der Waals surface area contributed by atoms with Gasteiger partial charge in [-0.15, -0.1) is 0 Å². The number of pyridine rings is 1. The number of aryl methyl sites for hydroxylation is 1. The maximum absolute atomic E-state index is 10.2. The largest absolute Gasteiger partial charge is 0.492 e. The van der Waals surface area contributed by atoms with Crippen LogP contribution in [-0.4, -0.2) is 53.6 Å². The lowest BCUT2D eigenvalue weighted by molar-refractivity contribution is 0.200. The van der Waals surface area contributed by atoms with Crippen LogP contribution in [0.15, 0.2) is 72.8 Å². The van der Waals surface area contributed by atoms with E-state index in [0.717, 1.165) is 73.0 Å². The van der Waals surface area contributed by atoms with Crippen LogP contribution in [0, 0.1) is 25.2 Å². The van der Waals surface area contributed by atoms with Crippen molar-refractivity contribution in [2.24, 2.45) is 0 Å². The van der Waals surface area contributed by atoms with E-state index in [1.54, 1.807) is 0 Å². The first-order chi connectivity index (χ1) is 19.5. The molecule has 2 aromatic heterocycles. The van der Waals surface area contributed by atoms with Gasteiger partial charge in [-0.05, 0) is 61.4 Å². The molecule has 0 radical (unpaired) electrons. The number of hydrogen-bond acceptors (Lipinski definition) is 5. The van der Waals surface area contributed by atoms with E-state index < -0.39 is 0 Å². The van der Waals surface area contributed by atoms with E-state index in [0.29, 0.717) is 17.2 Å². The number of para-hydroxylation sites is 2. The molecular formula is C33H32ClN5O. The fourth-order valence-electron chi connectivity index (χ4n) is 5.62. The molecule has 1 fully saturated rings. The quantitative estimate of drug-likeness (QED) is 0.234. The molecule has 0 aliphatic carbocycles. The van der Waals surface area contributed by atoms with Crippen LogP contribution < -0.4 is 9.64 Å². The maximum Gasteiger partial charge on any atom is 0.157 e. The van der Waals surface area contributed by atoms with Crippen LogP contribution in [0.4, 0.5) is 5.82 Å². The number of imidazole rings is 1. The molecule has 0 bridgehead atoms. The molecule has 0 spiro atoms. The fraction of sp³-hybridized carbons (Fsp3) is 0.273. The van der Waals surface area contributed by atoms with E-state index in [1.165, 1.54) is 16.7 Å². The summed E-state index contributed by atoms with van der Waals surface area (Å²) in [6, 6.07) is 26.9. The summed E-state index contributed by atoms with van der Waals surface area (Å²) in [5, 5.41) is 11.0. The number of rotatable bonds is 7. The average molecular weight is 550 g/mol. The molecule has 0 amide bonds. The number of ether oxygens (including phenoxy) is 1. The molecule has 6 nitrogen and oxygen atoms in total. The third-order valence-electron chi connectivity index (χ3n) is 7.87. The highest BCUT2D eigenvalue weighted by Crippen LogP contribution is 2.35. The van der Waals surface area contributed by atoms with E-state index in [-0.39, 0.29) is 0 Å². The summed E-state index contributed by atoms with van der Waals surface area (Å²) in [6.45, 7) is 9.31. The Morgan fingerprint density at radius 2 is 1.65 bits per heavy atom. The monoisotopic (exact) mass is 549 g/mol. The number of benzene rings is 3. The molecule has 5 aromatic rings. The summed E-state index contributed by atoms with van der Waals surface area (Å²) in [7, 11) is 0. The SMILES string of the molecule is Cc1ccc(Cc2c(C)c(C#N)c3nc4ccccc4n3c2N2CCN(CCOc3ccc(Cl)cc3)CC2)cc1. The second kappa shape index (κ2) is 11.2. The Balaban J connectivity index is 1.32. The Kier molecular flexibility index (Phi) is 7.34. The molecule has 3 heterocycles. The van der Waals surface area contributed by atoms with Crippen molar-refractivity contribution >= 4 is 34.1 Å². The molecule has 3 aromatic carbocycles. The van der Waals surface area contributed by atoms with Gasteiger partial charge in [0.2, 0.25) is 0 Å². The van der Waals surface area contributed by atoms with Crippen LogP contribution in [0.3, 0.4) is 0 Å². The highest BCUT2D eigenvalue weighted by Gasteiger charge is 2.27. The Morgan fingerprint density at radius 3 is 2.38 bits per heavy atom. The third-order valence-corrected chi connectivity index (χ3v) is 8.12. The maximum atomic E-state index is 10.2. The van der Waals surface area contributed by atoms with Gasteiger partial charge in [0.25, 0.3) is 0 Å². The van der Waals surface area contributed by atoms with Crippen molar-refractivity contribution in [3.8, 4) is 11.8 Å². The van der Waals surface area contributed by atoms with Crippen LogP contribution in [0.25, 0.3) is 16.7 Å². The van der Waals surface area contributed by atoms with Gasteiger partial charge in [-0.1, -0.05) is 53.6 Å². The minimum Gasteiger partial charge on any atom is -0.492 e. The van der Waals surface area contributed by atoms with Crippen LogP contribution in [0.5, 0.6) is 5.75 Å². The summed E-state index contributed by atoms with van der Waals surface area (Å²) in [5.41, 5.74) is 8.02. The zero-order valence-corrected chi connectivity index (χ0v) is 23.7. The van der Waals surface area contributed by atoms with Gasteiger partial charge in [0, 0.05) is 49.7 Å². The van der Waals surface area contributed by atoms with Gasteiger partial charge >= 0.3 is 0 Å². The first-order valence-electron chi connectivity index (χ1n) is 13.8. The highest BCUT2D eigenvalue weighted by molar-refractivity contribution is 6.30. The van der Waals surface area contributed by atoms with Crippen LogP contribution in [0.2, 0.25) is 5.02 Å². The topological polar surface area (TPSA) is 56.8 Å². The van der Waals surface area contributed by atoms with Crippen molar-refractivity contribution in [3.05, 3.63) is 106 Å². The molecule has 0 N–H and O–H groups in total. The Hall–Kier alpha value is -4.05. The number of piperazine rings is 1. The lowest BCUT2D eigenvalue weighted by Gasteiger charge is -2.37. The number of nitrogens with zero attached hydrogens (tertiary/aromatic N) is 5. The minimum atomic E-state index is 0.632. The summed E-state index contributed by atoms with van der Waals surface area (Å²) in [6.07, 6.45) is 0.758. The van der Waals surface area contributed by atoms with E-state index in [4.69, 9.17) is 21.3 Å². The lowest BCUT2D eigenvalue weighted by Crippen LogP contribution is -2.48. The molecule has 7 heteroatoms. The van der Waals surface area contributed by atoms with Crippen molar-refractivity contribution in [1.82, 2.24) is 14.3 Å². The standard InChI is InChI=1S/C33H32ClN5O/c1-23-7-9-25(10-8-23)21-28-24(2)29(22-35)32-36-30-5-3-4-6-31(30)39(32)33(28)38-17-15-37(16-18-38)19-20-40-27-13-11-26(34)12-14-27/h3-14H,15-21H2,1-2H3. The zero-order valence-electron chi connectivity index (χ0n) is 22.9. The third kappa shape index (κ3) is 5.11. The Bertz CT molecular complexity index is 1690. The Morgan fingerprint density at radius 1 is 0.925 bits per heavy atom. The number of halogens is 1. The smallest absolute Gasteiger partial charge is 0.157 e. The second-order valence-corrected chi connectivity index (χ2v) is 10.9. The van der Waals surface area contributed by atoms with Crippen LogP contribution in [-0.2, 0) is 6.42 Å². The normalized spacial score (nSPS) is 14.1. The van der Waals surface area contributed by atoms with E-state index >= 15 is 0 Å². The fourth-order valence-corrected chi connectivity index (χ4v) is 5.75. The van der Waals surface area contributed by atoms with Crippen molar-refractivity contribution in [2.45, 2.75) is 20.3 Å². The van der Waals surface area contributed by atoms with E-state index in [9.17, 15) is 5.26 Å². The van der Waals surface area contributed by atoms with Crippen molar-refractivity contribution in [1.29, 1.82) is 5.26 Å². The van der Waals surface area contributed by atoms with E-state index in [1.807, 2.05) is 42.5 Å². The van der Waals surface area contributed by atoms with Crippen molar-refractivity contribution in [2.75, 3.05) is 44.2 Å². The minimum absolute atomic E-state index is 0.632. The van der Waals surface area contributed by atoms with Gasteiger partial charge in [-0.2, -0.15) is 5.26 Å². The van der Waals surface area contributed by atoms with Gasteiger partial charge in [0.1, 0.15) is 24.2 Å². The molecule has 1 aliphatic rings. The summed E-state index contributed by atoms with van der Waals surface area (Å²) >= 11 is 5.99. The van der Waals surface area contributed by atoms with E-state index in [2.05, 4.69) is 64.4 Å². The van der Waals surface area contributed by atoms with Gasteiger partial charge < -0.3 is 9.64 Å². The molecule has 6 rings (SSSR count). The summed E-state index contributed by atoms with van der Waals surface area (Å²) in [4.78, 5) is 9.86. The first kappa shape index (κ1) is 26.2. The first-order valence-corrected chi connectivity index (χ1v) is 14.1. The van der Waals surface area contributed by atoms with Crippen molar-refractivity contribution in [3.63, 3.8) is 0 Å². The van der Waals surface area contributed by atoms with Crippen LogP contribution in [0.1, 0.15) is 27.8 Å². The highest BCUT2D eigenvalue weighted by atomic mass is 35.5. The number of anilines is 1. The second-order valence-electron chi connectivity index (χ2n) is 10.5. The average Bonchev–Trinajstić information content (AvgIpc) is 3.35.